The molecule has 0 spiro atoms. The molecule has 1 saturated heterocycles. The second-order valence-corrected chi connectivity index (χ2v) is 4.36. The molecular weight excluding hydrogens is 198 g/mol. The maximum Gasteiger partial charge on any atom is 0.345 e. The predicted octanol–water partition coefficient (Wildman–Crippen LogP) is 0.287. The van der Waals surface area contributed by atoms with Gasteiger partial charge in [-0.1, -0.05) is 12.8 Å². The number of rotatable bonds is 1. The van der Waals surface area contributed by atoms with Gasteiger partial charge >= 0.3 is 5.97 Å². The van der Waals surface area contributed by atoms with E-state index in [-0.39, 0.29) is 12.1 Å². The topological polar surface area (TPSA) is 75.6 Å². The van der Waals surface area contributed by atoms with Crippen LogP contribution in [0, 0.1) is 0 Å². The van der Waals surface area contributed by atoms with Gasteiger partial charge in [0, 0.05) is 0 Å². The Labute approximate surface area is 87.8 Å². The van der Waals surface area contributed by atoms with E-state index in [0.717, 1.165) is 25.7 Å². The lowest BCUT2D eigenvalue weighted by Crippen LogP contribution is -2.65. The van der Waals surface area contributed by atoms with Crippen LogP contribution in [0.2, 0.25) is 0 Å². The molecule has 5 nitrogen and oxygen atoms in total. The molecule has 5 heteroatoms. The molecule has 0 radical (unpaired) electrons. The molecule has 0 aromatic carbocycles. The SMILES string of the molecule is CC1(C(=O)O)OC2CCCCC2NC1=O. The van der Waals surface area contributed by atoms with Crippen LogP contribution in [0.4, 0.5) is 0 Å². The Morgan fingerprint density at radius 1 is 1.53 bits per heavy atom. The van der Waals surface area contributed by atoms with Gasteiger partial charge in [0.15, 0.2) is 0 Å². The molecule has 1 saturated carbocycles. The summed E-state index contributed by atoms with van der Waals surface area (Å²) in [5, 5.41) is 11.7. The van der Waals surface area contributed by atoms with Crippen molar-refractivity contribution in [3.63, 3.8) is 0 Å². The zero-order chi connectivity index (χ0) is 11.1. The van der Waals surface area contributed by atoms with Crippen LogP contribution in [0.5, 0.6) is 0 Å². The normalized spacial score (nSPS) is 40.5. The Morgan fingerprint density at radius 2 is 2.20 bits per heavy atom. The Bertz CT molecular complexity index is 304. The fourth-order valence-corrected chi connectivity index (χ4v) is 2.21. The average Bonchev–Trinajstić information content (AvgIpc) is 2.19. The quantitative estimate of drug-likeness (QED) is 0.614. The highest BCUT2D eigenvalue weighted by Crippen LogP contribution is 2.30. The summed E-state index contributed by atoms with van der Waals surface area (Å²) in [6.45, 7) is 1.31. The lowest BCUT2D eigenvalue weighted by Gasteiger charge is -2.42. The van der Waals surface area contributed by atoms with Gasteiger partial charge in [-0.25, -0.2) is 4.79 Å². The molecule has 2 rings (SSSR count). The lowest BCUT2D eigenvalue weighted by molar-refractivity contribution is -0.192. The third kappa shape index (κ3) is 1.61. The van der Waals surface area contributed by atoms with Crippen molar-refractivity contribution in [1.29, 1.82) is 0 Å². The number of carbonyl (C=O) groups is 2. The zero-order valence-corrected chi connectivity index (χ0v) is 8.66. The first-order valence-electron chi connectivity index (χ1n) is 5.26. The Kier molecular flexibility index (Phi) is 2.42. The first-order valence-corrected chi connectivity index (χ1v) is 5.26. The summed E-state index contributed by atoms with van der Waals surface area (Å²) < 4.78 is 5.44. The summed E-state index contributed by atoms with van der Waals surface area (Å²) in [5.74, 6) is -1.75. The van der Waals surface area contributed by atoms with Crippen LogP contribution in [0.15, 0.2) is 0 Å². The van der Waals surface area contributed by atoms with Crippen molar-refractivity contribution in [3.05, 3.63) is 0 Å². The molecule has 2 aliphatic rings. The van der Waals surface area contributed by atoms with Gasteiger partial charge in [0.1, 0.15) is 0 Å². The number of aliphatic carboxylic acids is 1. The van der Waals surface area contributed by atoms with E-state index < -0.39 is 17.5 Å². The van der Waals surface area contributed by atoms with E-state index in [9.17, 15) is 9.59 Å². The molecule has 3 unspecified atom stereocenters. The van der Waals surface area contributed by atoms with E-state index in [1.54, 1.807) is 0 Å². The number of hydrogen-bond acceptors (Lipinski definition) is 3. The molecule has 1 amide bonds. The number of ether oxygens (including phenoxy) is 1. The van der Waals surface area contributed by atoms with Crippen molar-refractivity contribution in [2.24, 2.45) is 0 Å². The van der Waals surface area contributed by atoms with E-state index >= 15 is 0 Å². The van der Waals surface area contributed by atoms with Crippen molar-refractivity contribution in [2.75, 3.05) is 0 Å². The molecule has 3 atom stereocenters. The molecule has 0 aromatic rings. The van der Waals surface area contributed by atoms with E-state index in [0.29, 0.717) is 0 Å². The van der Waals surface area contributed by atoms with E-state index in [2.05, 4.69) is 5.32 Å². The summed E-state index contributed by atoms with van der Waals surface area (Å²) in [4.78, 5) is 22.6. The van der Waals surface area contributed by atoms with Gasteiger partial charge in [-0.3, -0.25) is 4.79 Å². The van der Waals surface area contributed by atoms with Crippen LogP contribution in [0.25, 0.3) is 0 Å². The smallest absolute Gasteiger partial charge is 0.345 e. The summed E-state index contributed by atoms with van der Waals surface area (Å²) in [6.07, 6.45) is 3.67. The summed E-state index contributed by atoms with van der Waals surface area (Å²) in [6, 6.07) is -0.00123. The van der Waals surface area contributed by atoms with Gasteiger partial charge in [-0.15, -0.1) is 0 Å². The van der Waals surface area contributed by atoms with Gasteiger partial charge in [-0.2, -0.15) is 0 Å². The molecule has 0 aromatic heterocycles. The summed E-state index contributed by atoms with van der Waals surface area (Å²) in [5.41, 5.74) is -1.71. The van der Waals surface area contributed by atoms with Crippen molar-refractivity contribution < 1.29 is 19.4 Å². The number of morpholine rings is 1. The average molecular weight is 213 g/mol. The second kappa shape index (κ2) is 3.48. The minimum atomic E-state index is -1.71. The maximum atomic E-state index is 11.6. The molecule has 2 N–H and O–H groups in total. The number of carboxylic acid groups (broad SMARTS) is 1. The standard InChI is InChI=1S/C10H15NO4/c1-10(9(13)14)8(12)11-6-4-2-3-5-7(6)15-10/h6-7H,2-5H2,1H3,(H,11,12)(H,13,14). The fourth-order valence-electron chi connectivity index (χ4n) is 2.21. The minimum Gasteiger partial charge on any atom is -0.479 e. The van der Waals surface area contributed by atoms with Crippen LogP contribution < -0.4 is 5.32 Å². The number of hydrogen-bond donors (Lipinski definition) is 2. The van der Waals surface area contributed by atoms with Gasteiger partial charge in [-0.05, 0) is 19.8 Å². The monoisotopic (exact) mass is 213 g/mol. The number of amides is 1. The highest BCUT2D eigenvalue weighted by Gasteiger charge is 2.51. The number of carbonyl (C=O) groups excluding carboxylic acids is 1. The molecule has 0 bridgehead atoms. The highest BCUT2D eigenvalue weighted by atomic mass is 16.5. The third-order valence-electron chi connectivity index (χ3n) is 3.25. The molecule has 1 aliphatic heterocycles. The minimum absolute atomic E-state index is 0.00123. The summed E-state index contributed by atoms with van der Waals surface area (Å²) in [7, 11) is 0. The van der Waals surface area contributed by atoms with Crippen LogP contribution >= 0.6 is 0 Å². The predicted molar refractivity (Wildman–Crippen MR) is 51.3 cm³/mol. The molecule has 2 fully saturated rings. The first-order chi connectivity index (χ1) is 7.04. The third-order valence-corrected chi connectivity index (χ3v) is 3.25. The van der Waals surface area contributed by atoms with Crippen molar-refractivity contribution in [3.8, 4) is 0 Å². The largest absolute Gasteiger partial charge is 0.479 e. The van der Waals surface area contributed by atoms with Crippen molar-refractivity contribution in [1.82, 2.24) is 5.32 Å². The molecule has 84 valence electrons. The van der Waals surface area contributed by atoms with Gasteiger partial charge in [0.2, 0.25) is 5.60 Å². The number of fused-ring (bicyclic) bond motifs is 1. The second-order valence-electron chi connectivity index (χ2n) is 4.36. The molecule has 15 heavy (non-hydrogen) atoms. The Hall–Kier alpha value is -1.10. The maximum absolute atomic E-state index is 11.6. The fraction of sp³-hybridized carbons (Fsp3) is 0.800. The highest BCUT2D eigenvalue weighted by molar-refractivity contribution is 6.05. The van der Waals surface area contributed by atoms with Gasteiger partial charge in [0.05, 0.1) is 12.1 Å². The molecular formula is C10H15NO4. The van der Waals surface area contributed by atoms with Crippen molar-refractivity contribution in [2.45, 2.75) is 50.4 Å². The molecule has 1 aliphatic carbocycles. The van der Waals surface area contributed by atoms with E-state index in [1.807, 2.05) is 0 Å². The van der Waals surface area contributed by atoms with Gasteiger partial charge < -0.3 is 15.2 Å². The van der Waals surface area contributed by atoms with E-state index in [4.69, 9.17) is 9.84 Å². The van der Waals surface area contributed by atoms with Gasteiger partial charge in [0.25, 0.3) is 5.91 Å². The number of carboxylic acids is 1. The zero-order valence-electron chi connectivity index (χ0n) is 8.66. The Balaban J connectivity index is 2.18. The van der Waals surface area contributed by atoms with Crippen LogP contribution in [0.1, 0.15) is 32.6 Å². The molecule has 1 heterocycles. The van der Waals surface area contributed by atoms with Crippen LogP contribution in [0.3, 0.4) is 0 Å². The first kappa shape index (κ1) is 10.4. The van der Waals surface area contributed by atoms with Crippen molar-refractivity contribution >= 4 is 11.9 Å². The Morgan fingerprint density at radius 3 is 2.87 bits per heavy atom. The summed E-state index contributed by atoms with van der Waals surface area (Å²) >= 11 is 0. The lowest BCUT2D eigenvalue weighted by atomic mass is 9.88. The van der Waals surface area contributed by atoms with Crippen LogP contribution in [-0.4, -0.2) is 34.7 Å². The number of nitrogens with one attached hydrogen (secondary N) is 1. The van der Waals surface area contributed by atoms with E-state index in [1.165, 1.54) is 6.92 Å². The van der Waals surface area contributed by atoms with Crippen LogP contribution in [-0.2, 0) is 14.3 Å².